The number of halogens is 1. The van der Waals surface area contributed by atoms with Crippen LogP contribution in [0.15, 0.2) is 23.1 Å². The Morgan fingerprint density at radius 3 is 2.55 bits per heavy atom. The number of nitro benzene ring substituents is 1. The SMILES string of the molecule is COC(C)(C)CNS(=O)(=O)c1cc([N+](=O)[O-])ccc1Cl. The molecule has 0 aliphatic rings. The third kappa shape index (κ3) is 4.14. The summed E-state index contributed by atoms with van der Waals surface area (Å²) in [6.45, 7) is 3.40. The molecule has 1 rings (SSSR count). The van der Waals surface area contributed by atoms with Crippen LogP contribution in [0.3, 0.4) is 0 Å². The molecule has 0 aliphatic carbocycles. The molecular weight excluding hydrogens is 308 g/mol. The third-order valence-electron chi connectivity index (χ3n) is 2.66. The Morgan fingerprint density at radius 1 is 1.45 bits per heavy atom. The topological polar surface area (TPSA) is 98.5 Å². The number of ether oxygens (including phenoxy) is 1. The molecule has 1 N–H and O–H groups in total. The zero-order valence-electron chi connectivity index (χ0n) is 11.2. The van der Waals surface area contributed by atoms with Gasteiger partial charge in [-0.1, -0.05) is 11.6 Å². The van der Waals surface area contributed by atoms with Crippen molar-refractivity contribution in [3.05, 3.63) is 33.3 Å². The minimum Gasteiger partial charge on any atom is -0.377 e. The van der Waals surface area contributed by atoms with E-state index in [4.69, 9.17) is 16.3 Å². The van der Waals surface area contributed by atoms with Crippen molar-refractivity contribution in [2.24, 2.45) is 0 Å². The summed E-state index contributed by atoms with van der Waals surface area (Å²) >= 11 is 5.80. The Hall–Kier alpha value is -1.22. The van der Waals surface area contributed by atoms with E-state index < -0.39 is 20.5 Å². The summed E-state index contributed by atoms with van der Waals surface area (Å²) in [7, 11) is -2.50. The van der Waals surface area contributed by atoms with E-state index in [9.17, 15) is 18.5 Å². The second-order valence-corrected chi connectivity index (χ2v) is 6.80. The molecule has 0 radical (unpaired) electrons. The molecular formula is C11H15ClN2O5S. The van der Waals surface area contributed by atoms with Crippen molar-refractivity contribution >= 4 is 27.3 Å². The minimum atomic E-state index is -3.96. The number of benzene rings is 1. The van der Waals surface area contributed by atoms with Gasteiger partial charge in [0, 0.05) is 25.8 Å². The number of non-ortho nitro benzene ring substituents is 1. The first-order valence-electron chi connectivity index (χ1n) is 5.58. The van der Waals surface area contributed by atoms with Crippen LogP contribution in [0.1, 0.15) is 13.8 Å². The molecule has 0 fully saturated rings. The van der Waals surface area contributed by atoms with Crippen molar-refractivity contribution in [2.75, 3.05) is 13.7 Å². The van der Waals surface area contributed by atoms with E-state index in [0.29, 0.717) is 0 Å². The van der Waals surface area contributed by atoms with Crippen molar-refractivity contribution in [3.63, 3.8) is 0 Å². The first kappa shape index (κ1) is 16.8. The van der Waals surface area contributed by atoms with Crippen molar-refractivity contribution in [1.82, 2.24) is 4.72 Å². The number of nitro groups is 1. The molecule has 0 saturated heterocycles. The fraction of sp³-hybridized carbons (Fsp3) is 0.455. The van der Waals surface area contributed by atoms with Crippen molar-refractivity contribution in [3.8, 4) is 0 Å². The standard InChI is InChI=1S/C11H15ClN2O5S/c1-11(2,19-3)7-13-20(17,18)10-6-8(14(15)16)4-5-9(10)12/h4-6,13H,7H2,1-3H3. The summed E-state index contributed by atoms with van der Waals surface area (Å²) < 4.78 is 31.6. The van der Waals surface area contributed by atoms with Gasteiger partial charge in [0.05, 0.1) is 15.5 Å². The molecule has 0 unspecified atom stereocenters. The van der Waals surface area contributed by atoms with Gasteiger partial charge in [-0.15, -0.1) is 0 Å². The van der Waals surface area contributed by atoms with Crippen LogP contribution in [0.4, 0.5) is 5.69 Å². The Kier molecular flexibility index (Phi) is 5.09. The number of sulfonamides is 1. The number of methoxy groups -OCH3 is 1. The molecule has 0 aliphatic heterocycles. The van der Waals surface area contributed by atoms with Crippen LogP contribution >= 0.6 is 11.6 Å². The summed E-state index contributed by atoms with van der Waals surface area (Å²) in [5.74, 6) is 0. The molecule has 0 aromatic heterocycles. The van der Waals surface area contributed by atoms with Gasteiger partial charge < -0.3 is 4.74 Å². The van der Waals surface area contributed by atoms with E-state index in [2.05, 4.69) is 4.72 Å². The Morgan fingerprint density at radius 2 is 2.05 bits per heavy atom. The summed E-state index contributed by atoms with van der Waals surface area (Å²) in [5.41, 5.74) is -1.05. The van der Waals surface area contributed by atoms with Gasteiger partial charge in [-0.2, -0.15) is 0 Å². The second kappa shape index (κ2) is 6.04. The molecule has 1 aromatic rings. The Bertz CT molecular complexity index is 615. The smallest absolute Gasteiger partial charge is 0.270 e. The molecule has 112 valence electrons. The summed E-state index contributed by atoms with van der Waals surface area (Å²) in [4.78, 5) is 9.66. The van der Waals surface area contributed by atoms with E-state index in [1.54, 1.807) is 13.8 Å². The van der Waals surface area contributed by atoms with Gasteiger partial charge in [-0.05, 0) is 19.9 Å². The van der Waals surface area contributed by atoms with Gasteiger partial charge in [-0.3, -0.25) is 10.1 Å². The average molecular weight is 323 g/mol. The average Bonchev–Trinajstić information content (AvgIpc) is 2.37. The summed E-state index contributed by atoms with van der Waals surface area (Å²) in [6.07, 6.45) is 0. The quantitative estimate of drug-likeness (QED) is 0.637. The lowest BCUT2D eigenvalue weighted by Crippen LogP contribution is -2.39. The van der Waals surface area contributed by atoms with E-state index in [-0.39, 0.29) is 22.2 Å². The predicted molar refractivity (Wildman–Crippen MR) is 74.4 cm³/mol. The Balaban J connectivity index is 3.09. The van der Waals surface area contributed by atoms with Crippen molar-refractivity contribution < 1.29 is 18.1 Å². The molecule has 0 spiro atoms. The van der Waals surface area contributed by atoms with Gasteiger partial charge in [-0.25, -0.2) is 13.1 Å². The first-order valence-corrected chi connectivity index (χ1v) is 7.44. The van der Waals surface area contributed by atoms with E-state index in [0.717, 1.165) is 12.1 Å². The molecule has 0 atom stereocenters. The fourth-order valence-corrected chi connectivity index (χ4v) is 2.95. The minimum absolute atomic E-state index is 0.00482. The molecule has 0 bridgehead atoms. The van der Waals surface area contributed by atoms with Gasteiger partial charge in [0.2, 0.25) is 10.0 Å². The van der Waals surface area contributed by atoms with Crippen LogP contribution in [0.25, 0.3) is 0 Å². The highest BCUT2D eigenvalue weighted by Crippen LogP contribution is 2.26. The maximum absolute atomic E-state index is 12.1. The molecule has 1 aromatic carbocycles. The van der Waals surface area contributed by atoms with E-state index in [1.807, 2.05) is 0 Å². The number of nitrogens with one attached hydrogen (secondary N) is 1. The normalized spacial score (nSPS) is 12.4. The van der Waals surface area contributed by atoms with Crippen molar-refractivity contribution in [1.29, 1.82) is 0 Å². The van der Waals surface area contributed by atoms with Gasteiger partial charge in [0.25, 0.3) is 5.69 Å². The largest absolute Gasteiger partial charge is 0.377 e. The molecule has 0 heterocycles. The molecule has 9 heteroatoms. The zero-order chi connectivity index (χ0) is 15.6. The lowest BCUT2D eigenvalue weighted by atomic mass is 10.1. The van der Waals surface area contributed by atoms with Gasteiger partial charge >= 0.3 is 0 Å². The lowest BCUT2D eigenvalue weighted by molar-refractivity contribution is -0.385. The molecule has 20 heavy (non-hydrogen) atoms. The number of hydrogen-bond acceptors (Lipinski definition) is 5. The zero-order valence-corrected chi connectivity index (χ0v) is 12.8. The number of rotatable bonds is 6. The highest BCUT2D eigenvalue weighted by Gasteiger charge is 2.25. The van der Waals surface area contributed by atoms with E-state index in [1.165, 1.54) is 13.2 Å². The third-order valence-corrected chi connectivity index (χ3v) is 4.54. The first-order chi connectivity index (χ1) is 9.09. The van der Waals surface area contributed by atoms with Crippen LogP contribution in [0.5, 0.6) is 0 Å². The second-order valence-electron chi connectivity index (χ2n) is 4.66. The fourth-order valence-electron chi connectivity index (χ4n) is 1.23. The van der Waals surface area contributed by atoms with Gasteiger partial charge in [0.1, 0.15) is 4.90 Å². The molecule has 0 saturated carbocycles. The van der Waals surface area contributed by atoms with Crippen LogP contribution in [-0.4, -0.2) is 32.6 Å². The van der Waals surface area contributed by atoms with Crippen LogP contribution < -0.4 is 4.72 Å². The molecule has 0 amide bonds. The number of hydrogen-bond donors (Lipinski definition) is 1. The summed E-state index contributed by atoms with van der Waals surface area (Å²) in [5, 5.41) is 10.6. The predicted octanol–water partition coefficient (Wildman–Crippen LogP) is 1.95. The Labute approximate surface area is 122 Å². The highest BCUT2D eigenvalue weighted by molar-refractivity contribution is 7.89. The monoisotopic (exact) mass is 322 g/mol. The summed E-state index contributed by atoms with van der Waals surface area (Å²) in [6, 6.07) is 3.24. The molecule has 7 nitrogen and oxygen atoms in total. The van der Waals surface area contributed by atoms with Crippen molar-refractivity contribution in [2.45, 2.75) is 24.3 Å². The van der Waals surface area contributed by atoms with Crippen LogP contribution in [-0.2, 0) is 14.8 Å². The maximum atomic E-state index is 12.1. The van der Waals surface area contributed by atoms with E-state index >= 15 is 0 Å². The van der Waals surface area contributed by atoms with Gasteiger partial charge in [0.15, 0.2) is 0 Å². The van der Waals surface area contributed by atoms with Crippen LogP contribution in [0.2, 0.25) is 5.02 Å². The lowest BCUT2D eigenvalue weighted by Gasteiger charge is -2.23. The van der Waals surface area contributed by atoms with Crippen LogP contribution in [0, 0.1) is 10.1 Å². The highest BCUT2D eigenvalue weighted by atomic mass is 35.5. The maximum Gasteiger partial charge on any atom is 0.270 e. The number of nitrogens with zero attached hydrogens (tertiary/aromatic N) is 1.